The monoisotopic (exact) mass is 129 g/mol. The van der Waals surface area contributed by atoms with Crippen LogP contribution in [0, 0.1) is 0 Å². The molecule has 9 heavy (non-hydrogen) atoms. The van der Waals surface area contributed by atoms with E-state index in [-0.39, 0.29) is 6.09 Å². The Bertz CT molecular complexity index is 124. The van der Waals surface area contributed by atoms with Gasteiger partial charge in [0.05, 0.1) is 7.11 Å². The molecule has 0 N–H and O–H groups in total. The van der Waals surface area contributed by atoms with Crippen LogP contribution in [0.5, 0.6) is 0 Å². The Morgan fingerprint density at radius 2 is 2.44 bits per heavy atom. The predicted octanol–water partition coefficient (Wildman–Crippen LogP) is 0.847. The summed E-state index contributed by atoms with van der Waals surface area (Å²) in [6.07, 6.45) is 0.906. The van der Waals surface area contributed by atoms with E-state index in [4.69, 9.17) is 0 Å². The van der Waals surface area contributed by atoms with Crippen molar-refractivity contribution in [3.8, 4) is 0 Å². The molecule has 0 radical (unpaired) electrons. The molecule has 52 valence electrons. The van der Waals surface area contributed by atoms with Crippen molar-refractivity contribution in [3.63, 3.8) is 0 Å². The first-order chi connectivity index (χ1) is 4.25. The molecule has 0 saturated carbocycles. The van der Waals surface area contributed by atoms with Gasteiger partial charge in [0, 0.05) is 12.6 Å². The first kappa shape index (κ1) is 6.39. The lowest BCUT2D eigenvalue weighted by molar-refractivity contribution is 0.0686. The van der Waals surface area contributed by atoms with Crippen LogP contribution in [0.15, 0.2) is 0 Å². The average Bonchev–Trinajstić information content (AvgIpc) is 1.84. The molecule has 0 aromatic carbocycles. The van der Waals surface area contributed by atoms with Crippen LogP contribution < -0.4 is 0 Å². The van der Waals surface area contributed by atoms with Crippen molar-refractivity contribution in [3.05, 3.63) is 0 Å². The standard InChI is InChI=1S/C6H11NO2/c1-5-3-4-7(5)6(8)9-2/h5H,3-4H2,1-2H3/t5-/m1/s1. The first-order valence-electron chi connectivity index (χ1n) is 3.10. The van der Waals surface area contributed by atoms with Gasteiger partial charge in [-0.15, -0.1) is 0 Å². The van der Waals surface area contributed by atoms with E-state index in [1.807, 2.05) is 6.92 Å². The van der Waals surface area contributed by atoms with Gasteiger partial charge in [0.15, 0.2) is 0 Å². The van der Waals surface area contributed by atoms with Gasteiger partial charge in [-0.25, -0.2) is 4.79 Å². The number of rotatable bonds is 0. The minimum absolute atomic E-state index is 0.200. The van der Waals surface area contributed by atoms with Crippen molar-refractivity contribution in [2.45, 2.75) is 19.4 Å². The second-order valence-electron chi connectivity index (χ2n) is 2.30. The van der Waals surface area contributed by atoms with E-state index in [0.717, 1.165) is 13.0 Å². The number of methoxy groups -OCH3 is 1. The summed E-state index contributed by atoms with van der Waals surface area (Å²) in [4.78, 5) is 12.4. The van der Waals surface area contributed by atoms with E-state index in [2.05, 4.69) is 4.74 Å². The zero-order valence-electron chi connectivity index (χ0n) is 5.76. The van der Waals surface area contributed by atoms with Crippen LogP contribution in [-0.2, 0) is 4.74 Å². The Labute approximate surface area is 54.6 Å². The highest BCUT2D eigenvalue weighted by Gasteiger charge is 2.28. The molecule has 1 aliphatic heterocycles. The third-order valence-corrected chi connectivity index (χ3v) is 1.73. The van der Waals surface area contributed by atoms with Gasteiger partial charge < -0.3 is 9.64 Å². The maximum absolute atomic E-state index is 10.7. The van der Waals surface area contributed by atoms with Gasteiger partial charge in [0.1, 0.15) is 0 Å². The largest absolute Gasteiger partial charge is 0.453 e. The van der Waals surface area contributed by atoms with Crippen molar-refractivity contribution < 1.29 is 9.53 Å². The van der Waals surface area contributed by atoms with Gasteiger partial charge in [0.2, 0.25) is 0 Å². The van der Waals surface area contributed by atoms with Crippen LogP contribution in [-0.4, -0.2) is 30.7 Å². The second kappa shape index (κ2) is 2.25. The molecule has 0 aliphatic carbocycles. The molecule has 1 aliphatic rings. The Morgan fingerprint density at radius 3 is 2.56 bits per heavy atom. The average molecular weight is 129 g/mol. The van der Waals surface area contributed by atoms with Gasteiger partial charge in [-0.05, 0) is 13.3 Å². The van der Waals surface area contributed by atoms with Crippen LogP contribution in [0.2, 0.25) is 0 Å². The third kappa shape index (κ3) is 0.992. The van der Waals surface area contributed by atoms with E-state index in [9.17, 15) is 4.79 Å². The summed E-state index contributed by atoms with van der Waals surface area (Å²) >= 11 is 0. The zero-order chi connectivity index (χ0) is 6.85. The number of likely N-dealkylation sites (tertiary alicyclic amines) is 1. The lowest BCUT2D eigenvalue weighted by Gasteiger charge is -2.36. The molecule has 1 fully saturated rings. The smallest absolute Gasteiger partial charge is 0.409 e. The van der Waals surface area contributed by atoms with Crippen LogP contribution in [0.4, 0.5) is 4.79 Å². The van der Waals surface area contributed by atoms with E-state index in [1.54, 1.807) is 4.90 Å². The molecule has 0 unspecified atom stereocenters. The number of amides is 1. The highest BCUT2D eigenvalue weighted by Crippen LogP contribution is 2.16. The van der Waals surface area contributed by atoms with Crippen LogP contribution in [0.1, 0.15) is 13.3 Å². The molecule has 3 heteroatoms. The Kier molecular flexibility index (Phi) is 1.60. The molecule has 1 saturated heterocycles. The van der Waals surface area contributed by atoms with Crippen LogP contribution in [0.25, 0.3) is 0 Å². The minimum Gasteiger partial charge on any atom is -0.453 e. The molecule has 1 amide bonds. The number of carbonyl (C=O) groups is 1. The quantitative estimate of drug-likeness (QED) is 0.485. The van der Waals surface area contributed by atoms with Gasteiger partial charge in [0.25, 0.3) is 0 Å². The highest BCUT2D eigenvalue weighted by atomic mass is 16.5. The lowest BCUT2D eigenvalue weighted by Crippen LogP contribution is -2.49. The number of ether oxygens (including phenoxy) is 1. The van der Waals surface area contributed by atoms with Crippen molar-refractivity contribution in [2.24, 2.45) is 0 Å². The molecule has 3 nitrogen and oxygen atoms in total. The van der Waals surface area contributed by atoms with E-state index >= 15 is 0 Å². The Hall–Kier alpha value is -0.730. The van der Waals surface area contributed by atoms with E-state index in [0.29, 0.717) is 6.04 Å². The van der Waals surface area contributed by atoms with Crippen LogP contribution in [0.3, 0.4) is 0 Å². The van der Waals surface area contributed by atoms with E-state index in [1.165, 1.54) is 7.11 Å². The minimum atomic E-state index is -0.200. The summed E-state index contributed by atoms with van der Waals surface area (Å²) in [7, 11) is 1.41. The molecular weight excluding hydrogens is 118 g/mol. The van der Waals surface area contributed by atoms with Gasteiger partial charge in [-0.3, -0.25) is 0 Å². The fourth-order valence-corrected chi connectivity index (χ4v) is 0.905. The summed E-state index contributed by atoms with van der Waals surface area (Å²) in [6.45, 7) is 2.87. The number of hydrogen-bond donors (Lipinski definition) is 0. The van der Waals surface area contributed by atoms with E-state index < -0.39 is 0 Å². The first-order valence-corrected chi connectivity index (χ1v) is 3.10. The molecule has 1 atom stereocenters. The molecule has 0 aromatic rings. The zero-order valence-corrected chi connectivity index (χ0v) is 5.76. The third-order valence-electron chi connectivity index (χ3n) is 1.73. The van der Waals surface area contributed by atoms with Crippen molar-refractivity contribution in [1.29, 1.82) is 0 Å². The maximum atomic E-state index is 10.7. The van der Waals surface area contributed by atoms with Gasteiger partial charge in [-0.2, -0.15) is 0 Å². The highest BCUT2D eigenvalue weighted by molar-refractivity contribution is 5.68. The summed E-state index contributed by atoms with van der Waals surface area (Å²) in [5.41, 5.74) is 0. The molecular formula is C6H11NO2. The summed E-state index contributed by atoms with van der Waals surface area (Å²) in [6, 6.07) is 0.387. The fraction of sp³-hybridized carbons (Fsp3) is 0.833. The Balaban J connectivity index is 2.35. The maximum Gasteiger partial charge on any atom is 0.409 e. The molecule has 1 heterocycles. The van der Waals surface area contributed by atoms with Crippen molar-refractivity contribution in [2.75, 3.05) is 13.7 Å². The lowest BCUT2D eigenvalue weighted by atomic mass is 10.1. The predicted molar refractivity (Wildman–Crippen MR) is 33.2 cm³/mol. The summed E-state index contributed by atoms with van der Waals surface area (Å²) < 4.78 is 4.51. The number of nitrogens with zero attached hydrogens (tertiary/aromatic N) is 1. The second-order valence-corrected chi connectivity index (χ2v) is 2.30. The summed E-state index contributed by atoms with van der Waals surface area (Å²) in [5, 5.41) is 0. The van der Waals surface area contributed by atoms with Gasteiger partial charge in [-0.1, -0.05) is 0 Å². The SMILES string of the molecule is COC(=O)N1CC[C@H]1C. The van der Waals surface area contributed by atoms with Gasteiger partial charge >= 0.3 is 6.09 Å². The molecule has 0 bridgehead atoms. The fourth-order valence-electron chi connectivity index (χ4n) is 0.905. The molecule has 1 rings (SSSR count). The normalized spacial score (nSPS) is 25.1. The molecule has 0 spiro atoms. The van der Waals surface area contributed by atoms with Crippen LogP contribution >= 0.6 is 0 Å². The van der Waals surface area contributed by atoms with Crippen molar-refractivity contribution in [1.82, 2.24) is 4.90 Å². The topological polar surface area (TPSA) is 29.5 Å². The number of carbonyl (C=O) groups excluding carboxylic acids is 1. The summed E-state index contributed by atoms with van der Waals surface area (Å²) in [5.74, 6) is 0. The Morgan fingerprint density at radius 1 is 1.78 bits per heavy atom. The van der Waals surface area contributed by atoms with Crippen molar-refractivity contribution >= 4 is 6.09 Å². The number of hydrogen-bond acceptors (Lipinski definition) is 2. The molecule has 0 aromatic heterocycles.